The van der Waals surface area contributed by atoms with Crippen LogP contribution >= 0.6 is 0 Å². The first-order chi connectivity index (χ1) is 6.68. The number of hydrazine groups is 1. The maximum atomic E-state index is 10.7. The minimum absolute atomic E-state index is 0.359. The van der Waals surface area contributed by atoms with Gasteiger partial charge in [0.15, 0.2) is 5.72 Å². The highest BCUT2D eigenvalue weighted by atomic mass is 16.9. The first-order valence-corrected chi connectivity index (χ1v) is 4.77. The summed E-state index contributed by atoms with van der Waals surface area (Å²) in [5, 5.41) is 13.3. The molecular formula is C8H22N4O3. The summed E-state index contributed by atoms with van der Waals surface area (Å²) in [5.41, 5.74) is 3.92. The highest BCUT2D eigenvalue weighted by molar-refractivity contribution is 4.61. The molecule has 0 aromatic rings. The number of hydrogen-bond acceptors (Lipinski definition) is 6. The minimum Gasteiger partial charge on any atom is -0.600 e. The van der Waals surface area contributed by atoms with E-state index in [-0.39, 0.29) is 5.23 Å². The molecule has 1 unspecified atom stereocenters. The summed E-state index contributed by atoms with van der Waals surface area (Å²) in [6, 6.07) is 0. The van der Waals surface area contributed by atoms with E-state index in [2.05, 4.69) is 16.3 Å². The summed E-state index contributed by atoms with van der Waals surface area (Å²) in [5.74, 6) is 0. The summed E-state index contributed by atoms with van der Waals surface area (Å²) in [4.78, 5) is 10.2. The molecule has 7 heteroatoms. The average Bonchev–Trinajstić information content (AvgIpc) is 2.00. The van der Waals surface area contributed by atoms with Gasteiger partial charge in [0.1, 0.15) is 5.72 Å². The Morgan fingerprint density at radius 3 is 2.07 bits per heavy atom. The molecule has 0 saturated carbocycles. The molecule has 0 radical (unpaired) electrons. The van der Waals surface area contributed by atoms with Crippen LogP contribution in [-0.4, -0.2) is 25.5 Å². The monoisotopic (exact) mass is 222 g/mol. The largest absolute Gasteiger partial charge is 0.600 e. The maximum Gasteiger partial charge on any atom is 0.186 e. The van der Waals surface area contributed by atoms with Crippen LogP contribution in [0.3, 0.4) is 0 Å². The molecule has 0 fully saturated rings. The van der Waals surface area contributed by atoms with Crippen molar-refractivity contribution < 1.29 is 14.9 Å². The lowest BCUT2D eigenvalue weighted by Crippen LogP contribution is -3.05. The zero-order valence-electron chi connectivity index (χ0n) is 10.2. The van der Waals surface area contributed by atoms with Crippen LogP contribution in [0.1, 0.15) is 27.7 Å². The molecule has 0 aliphatic heterocycles. The summed E-state index contributed by atoms with van der Waals surface area (Å²) >= 11 is 0. The van der Waals surface area contributed by atoms with Gasteiger partial charge in [-0.05, 0) is 34.7 Å². The van der Waals surface area contributed by atoms with E-state index in [0.29, 0.717) is 0 Å². The Balaban J connectivity index is 3.84. The average molecular weight is 222 g/mol. The molecule has 0 bridgehead atoms. The van der Waals surface area contributed by atoms with E-state index in [1.807, 2.05) is 13.8 Å². The fraction of sp³-hybridized carbons (Fsp3) is 1.00. The standard InChI is InChI=1S/C8H22N4O3/c1-7(2,9-5)14-11-10-8(3,4)15-12(6)13/h9-12H,1-6H3. The lowest BCUT2D eigenvalue weighted by atomic mass is 10.3. The van der Waals surface area contributed by atoms with E-state index in [0.717, 1.165) is 0 Å². The van der Waals surface area contributed by atoms with Gasteiger partial charge < -0.3 is 5.21 Å². The number of nitrogens with one attached hydrogen (secondary N) is 4. The van der Waals surface area contributed by atoms with Crippen molar-refractivity contribution >= 4 is 0 Å². The summed E-state index contributed by atoms with van der Waals surface area (Å²) in [7, 11) is 3.13. The van der Waals surface area contributed by atoms with Crippen LogP contribution in [0.2, 0.25) is 0 Å². The van der Waals surface area contributed by atoms with Gasteiger partial charge in [-0.2, -0.15) is 10.3 Å². The van der Waals surface area contributed by atoms with Crippen molar-refractivity contribution in [3.63, 3.8) is 0 Å². The predicted molar refractivity (Wildman–Crippen MR) is 55.9 cm³/mol. The third-order valence-electron chi connectivity index (χ3n) is 1.66. The van der Waals surface area contributed by atoms with Crippen LogP contribution in [0.25, 0.3) is 0 Å². The SMILES string of the molecule is CNC(C)(C)ONNC(C)(C)O[NH+](C)[O-]. The van der Waals surface area contributed by atoms with Crippen molar-refractivity contribution in [2.75, 3.05) is 14.1 Å². The second-order valence-electron chi connectivity index (χ2n) is 4.19. The van der Waals surface area contributed by atoms with Crippen molar-refractivity contribution in [1.29, 1.82) is 0 Å². The normalized spacial score (nSPS) is 15.4. The molecule has 0 rings (SSSR count). The van der Waals surface area contributed by atoms with E-state index in [1.54, 1.807) is 20.9 Å². The molecule has 0 aromatic carbocycles. The fourth-order valence-corrected chi connectivity index (χ4v) is 0.712. The quantitative estimate of drug-likeness (QED) is 0.315. The first-order valence-electron chi connectivity index (χ1n) is 4.77. The van der Waals surface area contributed by atoms with Crippen molar-refractivity contribution in [1.82, 2.24) is 16.3 Å². The third-order valence-corrected chi connectivity index (χ3v) is 1.66. The van der Waals surface area contributed by atoms with Gasteiger partial charge >= 0.3 is 0 Å². The lowest BCUT2D eigenvalue weighted by Gasteiger charge is -2.31. The van der Waals surface area contributed by atoms with Gasteiger partial charge in [0.25, 0.3) is 0 Å². The second-order valence-corrected chi connectivity index (χ2v) is 4.19. The van der Waals surface area contributed by atoms with E-state index < -0.39 is 11.4 Å². The van der Waals surface area contributed by atoms with Crippen molar-refractivity contribution in [3.8, 4) is 0 Å². The number of hydrogen-bond donors (Lipinski definition) is 4. The van der Waals surface area contributed by atoms with Crippen molar-refractivity contribution in [2.24, 2.45) is 0 Å². The van der Waals surface area contributed by atoms with Crippen LogP contribution in [0.4, 0.5) is 0 Å². The molecule has 0 aromatic heterocycles. The zero-order valence-corrected chi connectivity index (χ0v) is 10.2. The van der Waals surface area contributed by atoms with Gasteiger partial charge in [-0.3, -0.25) is 10.2 Å². The van der Waals surface area contributed by atoms with Crippen LogP contribution in [0.15, 0.2) is 0 Å². The molecule has 0 heterocycles. The summed E-state index contributed by atoms with van der Waals surface area (Å²) in [6.07, 6.45) is 0. The third kappa shape index (κ3) is 7.63. The Kier molecular flexibility index (Phi) is 5.60. The summed E-state index contributed by atoms with van der Waals surface area (Å²) in [6.45, 7) is 7.11. The Bertz CT molecular complexity index is 185. The van der Waals surface area contributed by atoms with Crippen molar-refractivity contribution in [2.45, 2.75) is 39.1 Å². The molecule has 0 aliphatic rings. The minimum atomic E-state index is -0.824. The molecule has 0 aliphatic carbocycles. The topological polar surface area (TPSA) is 82.0 Å². The molecule has 4 N–H and O–H groups in total. The Hall–Kier alpha value is -0.280. The highest BCUT2D eigenvalue weighted by Gasteiger charge is 2.23. The number of quaternary nitrogens is 1. The maximum absolute atomic E-state index is 10.7. The first kappa shape index (κ1) is 14.7. The fourth-order valence-electron chi connectivity index (χ4n) is 0.712. The van der Waals surface area contributed by atoms with Gasteiger partial charge in [0.2, 0.25) is 0 Å². The summed E-state index contributed by atoms with van der Waals surface area (Å²) < 4.78 is 0. The lowest BCUT2D eigenvalue weighted by molar-refractivity contribution is -1.05. The molecule has 0 spiro atoms. The van der Waals surface area contributed by atoms with Gasteiger partial charge in [-0.15, -0.1) is 5.59 Å². The van der Waals surface area contributed by atoms with E-state index in [9.17, 15) is 5.21 Å². The van der Waals surface area contributed by atoms with Crippen LogP contribution in [0.5, 0.6) is 0 Å². The molecule has 1 atom stereocenters. The predicted octanol–water partition coefficient (Wildman–Crippen LogP) is -1.35. The molecule has 0 saturated heterocycles. The number of rotatable bonds is 7. The van der Waals surface area contributed by atoms with Gasteiger partial charge in [0.05, 0.1) is 7.05 Å². The van der Waals surface area contributed by atoms with E-state index >= 15 is 0 Å². The second kappa shape index (κ2) is 5.71. The van der Waals surface area contributed by atoms with Crippen LogP contribution < -0.4 is 21.6 Å². The Morgan fingerprint density at radius 2 is 1.67 bits per heavy atom. The molecule has 15 heavy (non-hydrogen) atoms. The van der Waals surface area contributed by atoms with E-state index in [4.69, 9.17) is 9.68 Å². The number of hydroxylamine groups is 2. The van der Waals surface area contributed by atoms with Crippen molar-refractivity contribution in [3.05, 3.63) is 5.21 Å². The van der Waals surface area contributed by atoms with Gasteiger partial charge in [-0.1, -0.05) is 0 Å². The van der Waals surface area contributed by atoms with E-state index in [1.165, 1.54) is 7.05 Å². The van der Waals surface area contributed by atoms with Gasteiger partial charge in [0, 0.05) is 0 Å². The smallest absolute Gasteiger partial charge is 0.186 e. The molecule has 7 nitrogen and oxygen atoms in total. The Labute approximate surface area is 90.6 Å². The molecule has 0 amide bonds. The van der Waals surface area contributed by atoms with Gasteiger partial charge in [-0.25, -0.2) is 5.23 Å². The molecule has 92 valence electrons. The Morgan fingerprint density at radius 1 is 1.13 bits per heavy atom. The van der Waals surface area contributed by atoms with Crippen LogP contribution in [0, 0.1) is 5.21 Å². The highest BCUT2D eigenvalue weighted by Crippen LogP contribution is 2.01. The molecular weight excluding hydrogens is 200 g/mol. The zero-order chi connectivity index (χ0) is 12.1. The van der Waals surface area contributed by atoms with Crippen LogP contribution in [-0.2, 0) is 9.68 Å².